The van der Waals surface area contributed by atoms with Gasteiger partial charge in [-0.25, -0.2) is 12.6 Å². The summed E-state index contributed by atoms with van der Waals surface area (Å²) in [7, 11) is -8.73. The van der Waals surface area contributed by atoms with E-state index in [-0.39, 0.29) is 33.4 Å². The topological polar surface area (TPSA) is 218 Å². The van der Waals surface area contributed by atoms with Crippen molar-refractivity contribution in [3.63, 3.8) is 0 Å². The smallest absolute Gasteiger partial charge is 0.397 e. The maximum atomic E-state index is 12.8. The summed E-state index contributed by atoms with van der Waals surface area (Å²) in [6.07, 6.45) is 0. The van der Waals surface area contributed by atoms with Crippen molar-refractivity contribution in [2.24, 2.45) is 15.3 Å². The first-order valence-electron chi connectivity index (χ1n) is 9.50. The molecule has 35 heavy (non-hydrogen) atoms. The monoisotopic (exact) mass is 527 g/mol. The van der Waals surface area contributed by atoms with E-state index < -0.39 is 49.5 Å². The number of hydrogen-bond donors (Lipinski definition) is 2. The number of aromatic hydroxyl groups is 1. The number of carbonyl (C=O) groups excluding carboxylic acids is 1. The van der Waals surface area contributed by atoms with Crippen molar-refractivity contribution in [1.29, 1.82) is 0 Å². The first kappa shape index (κ1) is 25.8. The molecule has 0 spiro atoms. The number of non-ortho nitro benzene ring substituents is 1. The Kier molecular flexibility index (Phi) is 7.25. The highest BCUT2D eigenvalue weighted by atomic mass is 32.3. The van der Waals surface area contributed by atoms with E-state index in [1.807, 2.05) is 0 Å². The van der Waals surface area contributed by atoms with Crippen molar-refractivity contribution >= 4 is 48.9 Å². The third-order valence-electron chi connectivity index (χ3n) is 4.57. The van der Waals surface area contributed by atoms with Gasteiger partial charge in [0, 0.05) is 12.1 Å². The van der Waals surface area contributed by atoms with Gasteiger partial charge in [0.2, 0.25) is 0 Å². The second-order valence-electron chi connectivity index (χ2n) is 7.00. The lowest BCUT2D eigenvalue weighted by atomic mass is 10.2. The molecule has 0 unspecified atom stereocenters. The Bertz CT molecular complexity index is 1440. The number of hydrogen-bond acceptors (Lipinski definition) is 12. The SMILES string of the molecule is CC1=NN(c2ccc(S(=O)(=O)CCOS(=O)(=O)O)cc2)C(=O)[C@H]1N=Nc1cc([N+](=O)[O-])ccc1O. The molecule has 2 aromatic carbocycles. The molecule has 0 bridgehead atoms. The lowest BCUT2D eigenvalue weighted by Gasteiger charge is -2.13. The van der Waals surface area contributed by atoms with Gasteiger partial charge in [-0.05, 0) is 37.3 Å². The van der Waals surface area contributed by atoms with Gasteiger partial charge < -0.3 is 5.11 Å². The fraction of sp³-hybridized carbons (Fsp3) is 0.222. The number of phenols is 1. The van der Waals surface area contributed by atoms with Gasteiger partial charge in [-0.3, -0.25) is 19.5 Å². The fourth-order valence-corrected chi connectivity index (χ4v) is 4.35. The molecule has 186 valence electrons. The van der Waals surface area contributed by atoms with Crippen molar-refractivity contribution < 1.29 is 40.4 Å². The minimum Gasteiger partial charge on any atom is -0.506 e. The minimum atomic E-state index is -4.78. The van der Waals surface area contributed by atoms with Crippen molar-refractivity contribution in [3.8, 4) is 5.75 Å². The highest BCUT2D eigenvalue weighted by molar-refractivity contribution is 7.91. The van der Waals surface area contributed by atoms with Gasteiger partial charge in [-0.1, -0.05) is 0 Å². The Morgan fingerprint density at radius 1 is 1.17 bits per heavy atom. The van der Waals surface area contributed by atoms with Crippen LogP contribution in [0.5, 0.6) is 5.75 Å². The van der Waals surface area contributed by atoms with Crippen molar-refractivity contribution in [3.05, 3.63) is 52.6 Å². The Hall–Kier alpha value is -3.80. The van der Waals surface area contributed by atoms with Crippen LogP contribution in [0.2, 0.25) is 0 Å². The third kappa shape index (κ3) is 6.21. The molecule has 0 aliphatic carbocycles. The number of phenolic OH excluding ortho intramolecular Hbond substituents is 1. The van der Waals surface area contributed by atoms with E-state index in [0.29, 0.717) is 0 Å². The highest BCUT2D eigenvalue weighted by Crippen LogP contribution is 2.32. The van der Waals surface area contributed by atoms with E-state index in [4.69, 9.17) is 4.55 Å². The molecule has 0 saturated carbocycles. The molecule has 0 aromatic heterocycles. The lowest BCUT2D eigenvalue weighted by molar-refractivity contribution is -0.384. The number of sulfone groups is 1. The van der Waals surface area contributed by atoms with Crippen LogP contribution in [0.3, 0.4) is 0 Å². The Balaban J connectivity index is 1.75. The standard InChI is InChI=1S/C18H17N5O10S2/c1-11-17(20-19-15-10-13(23(26)27)4-7-16(15)24)18(25)22(21-11)12-2-5-14(6-3-12)34(28,29)9-8-33-35(30,31)32/h2-7,10,17,24H,8-9H2,1H3,(H,30,31,32)/t17-/m0/s1. The van der Waals surface area contributed by atoms with E-state index in [9.17, 15) is 36.9 Å². The van der Waals surface area contributed by atoms with Crippen LogP contribution in [0, 0.1) is 10.1 Å². The first-order valence-corrected chi connectivity index (χ1v) is 12.5. The summed E-state index contributed by atoms with van der Waals surface area (Å²) >= 11 is 0. The van der Waals surface area contributed by atoms with E-state index in [1.165, 1.54) is 31.2 Å². The molecular formula is C18H17N5O10S2. The molecule has 0 saturated heterocycles. The lowest BCUT2D eigenvalue weighted by Crippen LogP contribution is -2.29. The maximum Gasteiger partial charge on any atom is 0.397 e. The Morgan fingerprint density at radius 3 is 2.43 bits per heavy atom. The average Bonchev–Trinajstić information content (AvgIpc) is 3.05. The number of amides is 1. The number of anilines is 1. The quantitative estimate of drug-likeness (QED) is 0.208. The molecule has 1 amide bonds. The average molecular weight is 527 g/mol. The minimum absolute atomic E-state index is 0.190. The molecule has 1 atom stereocenters. The summed E-state index contributed by atoms with van der Waals surface area (Å²) in [5.41, 5.74) is -0.131. The van der Waals surface area contributed by atoms with Crippen molar-refractivity contribution in [1.82, 2.24) is 0 Å². The molecule has 1 heterocycles. The number of hydrazone groups is 1. The zero-order valence-corrected chi connectivity index (χ0v) is 19.4. The van der Waals surface area contributed by atoms with Gasteiger partial charge in [0.05, 0.1) is 33.6 Å². The molecule has 3 rings (SSSR count). The van der Waals surface area contributed by atoms with Gasteiger partial charge in [0.25, 0.3) is 11.6 Å². The number of nitro groups is 1. The van der Waals surface area contributed by atoms with E-state index in [2.05, 4.69) is 19.5 Å². The summed E-state index contributed by atoms with van der Waals surface area (Å²) in [6.45, 7) is 0.701. The second kappa shape index (κ2) is 9.82. The molecule has 1 aliphatic heterocycles. The van der Waals surface area contributed by atoms with Crippen LogP contribution in [-0.2, 0) is 29.2 Å². The normalized spacial score (nSPS) is 16.6. The van der Waals surface area contributed by atoms with Crippen LogP contribution in [0.4, 0.5) is 17.1 Å². The molecule has 0 radical (unpaired) electrons. The highest BCUT2D eigenvalue weighted by Gasteiger charge is 2.35. The molecule has 2 aromatic rings. The molecule has 17 heteroatoms. The summed E-state index contributed by atoms with van der Waals surface area (Å²) in [5.74, 6) is -1.75. The third-order valence-corrected chi connectivity index (χ3v) is 6.73. The number of nitro benzene ring substituents is 1. The zero-order chi connectivity index (χ0) is 26.0. The zero-order valence-electron chi connectivity index (χ0n) is 17.7. The largest absolute Gasteiger partial charge is 0.506 e. The van der Waals surface area contributed by atoms with Crippen LogP contribution >= 0.6 is 0 Å². The van der Waals surface area contributed by atoms with Crippen LogP contribution in [0.1, 0.15) is 6.92 Å². The Labute approximate surface area is 198 Å². The van der Waals surface area contributed by atoms with Crippen LogP contribution in [0.25, 0.3) is 0 Å². The summed E-state index contributed by atoms with van der Waals surface area (Å²) in [6, 6.07) is 6.87. The van der Waals surface area contributed by atoms with Crippen molar-refractivity contribution in [2.45, 2.75) is 17.9 Å². The number of carbonyl (C=O) groups is 1. The van der Waals surface area contributed by atoms with Crippen molar-refractivity contribution in [2.75, 3.05) is 17.4 Å². The Morgan fingerprint density at radius 2 is 1.83 bits per heavy atom. The molecule has 15 nitrogen and oxygen atoms in total. The summed E-state index contributed by atoms with van der Waals surface area (Å²) < 4.78 is 58.2. The number of rotatable bonds is 9. The van der Waals surface area contributed by atoms with E-state index in [0.717, 1.165) is 23.2 Å². The molecular weight excluding hydrogens is 510 g/mol. The van der Waals surface area contributed by atoms with Gasteiger partial charge in [0.15, 0.2) is 15.9 Å². The van der Waals surface area contributed by atoms with Crippen LogP contribution in [-0.4, -0.2) is 61.4 Å². The van der Waals surface area contributed by atoms with Gasteiger partial charge in [-0.15, -0.1) is 0 Å². The number of nitrogens with zero attached hydrogens (tertiary/aromatic N) is 5. The second-order valence-corrected chi connectivity index (χ2v) is 10.2. The molecule has 1 aliphatic rings. The van der Waals surface area contributed by atoms with Gasteiger partial charge in [-0.2, -0.15) is 28.8 Å². The predicted octanol–water partition coefficient (Wildman–Crippen LogP) is 1.77. The summed E-state index contributed by atoms with van der Waals surface area (Å²) in [5, 5.41) is 33.4. The van der Waals surface area contributed by atoms with Gasteiger partial charge in [0.1, 0.15) is 11.4 Å². The van der Waals surface area contributed by atoms with Crippen LogP contribution in [0.15, 0.2) is 62.7 Å². The van der Waals surface area contributed by atoms with E-state index >= 15 is 0 Å². The summed E-state index contributed by atoms with van der Waals surface area (Å²) in [4.78, 5) is 22.8. The number of benzene rings is 2. The van der Waals surface area contributed by atoms with Gasteiger partial charge >= 0.3 is 10.4 Å². The van der Waals surface area contributed by atoms with Crippen LogP contribution < -0.4 is 5.01 Å². The van der Waals surface area contributed by atoms with E-state index in [1.54, 1.807) is 0 Å². The molecule has 2 N–H and O–H groups in total. The number of azo groups is 1. The predicted molar refractivity (Wildman–Crippen MR) is 120 cm³/mol. The first-order chi connectivity index (χ1) is 16.3. The fourth-order valence-electron chi connectivity index (χ4n) is 2.86. The maximum absolute atomic E-state index is 12.8. The molecule has 0 fully saturated rings.